The Balaban J connectivity index is 2.36. The number of halogens is 6. The Morgan fingerprint density at radius 3 is 1.96 bits per heavy atom. The molecule has 2 aromatic carbocycles. The van der Waals surface area contributed by atoms with Crippen molar-refractivity contribution in [2.75, 3.05) is 5.73 Å². The summed E-state index contributed by atoms with van der Waals surface area (Å²) in [4.78, 5) is 0. The van der Waals surface area contributed by atoms with Crippen molar-refractivity contribution < 1.29 is 35.8 Å². The first-order valence-electron chi connectivity index (χ1n) is 6.05. The molecule has 0 aliphatic rings. The minimum absolute atomic E-state index is 0.167. The number of para-hydroxylation sites is 2. The first-order chi connectivity index (χ1) is 10.6. The molecule has 0 amide bonds. The highest BCUT2D eigenvalue weighted by Gasteiger charge is 2.33. The van der Waals surface area contributed by atoms with E-state index in [0.717, 1.165) is 24.3 Å². The van der Waals surface area contributed by atoms with Crippen LogP contribution in [0.3, 0.4) is 0 Å². The lowest BCUT2D eigenvalue weighted by Gasteiger charge is -2.15. The summed E-state index contributed by atoms with van der Waals surface area (Å²) >= 11 is 0. The molecule has 0 spiro atoms. The van der Waals surface area contributed by atoms with Gasteiger partial charge in [0.1, 0.15) is 0 Å². The van der Waals surface area contributed by atoms with E-state index in [2.05, 4.69) is 4.74 Å². The Morgan fingerprint density at radius 2 is 1.39 bits per heavy atom. The highest BCUT2D eigenvalue weighted by atomic mass is 19.4. The Kier molecular flexibility index (Phi) is 4.31. The van der Waals surface area contributed by atoms with E-state index in [9.17, 15) is 26.3 Å². The van der Waals surface area contributed by atoms with Gasteiger partial charge in [-0.25, -0.2) is 0 Å². The lowest BCUT2D eigenvalue weighted by atomic mass is 10.2. The van der Waals surface area contributed by atoms with E-state index < -0.39 is 35.4 Å². The van der Waals surface area contributed by atoms with E-state index >= 15 is 0 Å². The molecular weight excluding hydrogens is 328 g/mol. The molecule has 124 valence electrons. The predicted octanol–water partition coefficient (Wildman–Crippen LogP) is 4.98. The van der Waals surface area contributed by atoms with Crippen LogP contribution in [0.15, 0.2) is 42.5 Å². The quantitative estimate of drug-likeness (QED) is 0.635. The fraction of sp³-hybridized carbons (Fsp3) is 0.143. The van der Waals surface area contributed by atoms with Gasteiger partial charge < -0.3 is 15.2 Å². The lowest BCUT2D eigenvalue weighted by molar-refractivity contribution is -0.275. The number of nitrogens with two attached hydrogens (primary N) is 1. The summed E-state index contributed by atoms with van der Waals surface area (Å²) in [7, 11) is 0. The van der Waals surface area contributed by atoms with E-state index in [4.69, 9.17) is 10.5 Å². The van der Waals surface area contributed by atoms with E-state index in [-0.39, 0.29) is 5.69 Å². The van der Waals surface area contributed by atoms with Crippen molar-refractivity contribution >= 4 is 5.69 Å². The molecular formula is C14H9F6NO2. The first-order valence-corrected chi connectivity index (χ1v) is 6.05. The summed E-state index contributed by atoms with van der Waals surface area (Å²) in [5.41, 5.74) is 4.29. The summed E-state index contributed by atoms with van der Waals surface area (Å²) in [6, 6.07) is 6.95. The topological polar surface area (TPSA) is 44.5 Å². The Labute approximate surface area is 126 Å². The molecule has 0 fully saturated rings. The van der Waals surface area contributed by atoms with Gasteiger partial charge in [-0.2, -0.15) is 13.2 Å². The summed E-state index contributed by atoms with van der Waals surface area (Å²) in [6.07, 6.45) is -9.62. The molecule has 0 radical (unpaired) electrons. The number of benzene rings is 2. The van der Waals surface area contributed by atoms with Crippen LogP contribution in [-0.4, -0.2) is 6.36 Å². The third-order valence-electron chi connectivity index (χ3n) is 2.64. The highest BCUT2D eigenvalue weighted by molar-refractivity contribution is 5.57. The second kappa shape index (κ2) is 5.90. The molecule has 0 atom stereocenters. The molecule has 0 saturated carbocycles. The number of nitrogen functional groups attached to an aromatic ring is 1. The number of hydrogen-bond acceptors (Lipinski definition) is 3. The van der Waals surface area contributed by atoms with Crippen LogP contribution in [0, 0.1) is 0 Å². The maximum absolute atomic E-state index is 12.7. The summed E-state index contributed by atoms with van der Waals surface area (Å²) in [5.74, 6) is -1.55. The third-order valence-corrected chi connectivity index (χ3v) is 2.64. The zero-order valence-corrected chi connectivity index (χ0v) is 11.2. The highest BCUT2D eigenvalue weighted by Crippen LogP contribution is 2.39. The van der Waals surface area contributed by atoms with Gasteiger partial charge in [-0.05, 0) is 30.3 Å². The van der Waals surface area contributed by atoms with Gasteiger partial charge in [-0.1, -0.05) is 12.1 Å². The van der Waals surface area contributed by atoms with Crippen molar-refractivity contribution in [1.29, 1.82) is 0 Å². The average Bonchev–Trinajstić information content (AvgIpc) is 2.40. The van der Waals surface area contributed by atoms with Crippen LogP contribution < -0.4 is 15.2 Å². The molecule has 23 heavy (non-hydrogen) atoms. The zero-order valence-electron chi connectivity index (χ0n) is 11.2. The van der Waals surface area contributed by atoms with Crippen molar-refractivity contribution in [3.63, 3.8) is 0 Å². The van der Waals surface area contributed by atoms with Gasteiger partial charge in [0.25, 0.3) is 0 Å². The standard InChI is InChI=1S/C14H9F6NO2/c15-13(16,17)8-5-6-9(21)12(7-8)22-10-3-1-2-4-11(10)23-14(18,19)20/h1-7H,21H2. The predicted molar refractivity (Wildman–Crippen MR) is 69.1 cm³/mol. The molecule has 0 heterocycles. The second-order valence-corrected chi connectivity index (χ2v) is 4.35. The molecule has 2 N–H and O–H groups in total. The fourth-order valence-electron chi connectivity index (χ4n) is 1.66. The zero-order chi connectivity index (χ0) is 17.3. The molecule has 0 aromatic heterocycles. The Hall–Kier alpha value is -2.58. The molecule has 9 heteroatoms. The monoisotopic (exact) mass is 337 g/mol. The van der Waals surface area contributed by atoms with Crippen molar-refractivity contribution in [2.24, 2.45) is 0 Å². The second-order valence-electron chi connectivity index (χ2n) is 4.35. The third kappa shape index (κ3) is 4.44. The molecule has 0 saturated heterocycles. The smallest absolute Gasteiger partial charge is 0.451 e. The van der Waals surface area contributed by atoms with Gasteiger partial charge in [0.15, 0.2) is 17.2 Å². The van der Waals surface area contributed by atoms with Gasteiger partial charge in [-0.15, -0.1) is 13.2 Å². The number of anilines is 1. The van der Waals surface area contributed by atoms with Crippen LogP contribution in [0.2, 0.25) is 0 Å². The van der Waals surface area contributed by atoms with E-state index in [1.54, 1.807) is 0 Å². The summed E-state index contributed by atoms with van der Waals surface area (Å²) < 4.78 is 83.8. The minimum Gasteiger partial charge on any atom is -0.451 e. The van der Waals surface area contributed by atoms with Crippen LogP contribution in [0.5, 0.6) is 17.2 Å². The molecule has 0 unspecified atom stereocenters. The molecule has 0 aliphatic carbocycles. The van der Waals surface area contributed by atoms with E-state index in [1.807, 2.05) is 0 Å². The van der Waals surface area contributed by atoms with Crippen LogP contribution in [-0.2, 0) is 6.18 Å². The molecule has 2 aromatic rings. The van der Waals surface area contributed by atoms with Crippen molar-refractivity contribution in [3.05, 3.63) is 48.0 Å². The largest absolute Gasteiger partial charge is 0.573 e. The van der Waals surface area contributed by atoms with Gasteiger partial charge >= 0.3 is 12.5 Å². The molecule has 2 rings (SSSR count). The number of rotatable bonds is 3. The molecule has 3 nitrogen and oxygen atoms in total. The summed E-state index contributed by atoms with van der Waals surface area (Å²) in [6.45, 7) is 0. The van der Waals surface area contributed by atoms with Crippen LogP contribution in [0.1, 0.15) is 5.56 Å². The van der Waals surface area contributed by atoms with Crippen LogP contribution >= 0.6 is 0 Å². The number of ether oxygens (including phenoxy) is 2. The number of alkyl halides is 6. The van der Waals surface area contributed by atoms with Crippen molar-refractivity contribution in [1.82, 2.24) is 0 Å². The van der Waals surface area contributed by atoms with Gasteiger partial charge in [-0.3, -0.25) is 0 Å². The minimum atomic E-state index is -4.97. The van der Waals surface area contributed by atoms with Crippen molar-refractivity contribution in [3.8, 4) is 17.2 Å². The average molecular weight is 337 g/mol. The van der Waals surface area contributed by atoms with Crippen molar-refractivity contribution in [2.45, 2.75) is 12.5 Å². The maximum atomic E-state index is 12.7. The fourth-order valence-corrected chi connectivity index (χ4v) is 1.66. The van der Waals surface area contributed by atoms with Crippen LogP contribution in [0.4, 0.5) is 32.0 Å². The normalized spacial score (nSPS) is 12.1. The number of hydrogen-bond donors (Lipinski definition) is 1. The maximum Gasteiger partial charge on any atom is 0.573 e. The van der Waals surface area contributed by atoms with E-state index in [1.165, 1.54) is 12.1 Å². The van der Waals surface area contributed by atoms with Gasteiger partial charge in [0.05, 0.1) is 11.3 Å². The molecule has 0 bridgehead atoms. The lowest BCUT2D eigenvalue weighted by Crippen LogP contribution is -2.17. The van der Waals surface area contributed by atoms with Gasteiger partial charge in [0, 0.05) is 0 Å². The SMILES string of the molecule is Nc1ccc(C(F)(F)F)cc1Oc1ccccc1OC(F)(F)F. The van der Waals surface area contributed by atoms with Gasteiger partial charge in [0.2, 0.25) is 0 Å². The molecule has 0 aliphatic heterocycles. The summed E-state index contributed by atoms with van der Waals surface area (Å²) in [5, 5.41) is 0. The Morgan fingerprint density at radius 1 is 0.783 bits per heavy atom. The van der Waals surface area contributed by atoms with E-state index in [0.29, 0.717) is 6.07 Å². The first kappa shape index (κ1) is 16.8. The van der Waals surface area contributed by atoms with Crippen LogP contribution in [0.25, 0.3) is 0 Å². The Bertz CT molecular complexity index is 696.